The largest absolute Gasteiger partial charge is 0.480 e. The molecule has 0 bridgehead atoms. The molecule has 2 fully saturated rings. The van der Waals surface area contributed by atoms with Crippen molar-refractivity contribution in [1.82, 2.24) is 10.2 Å². The van der Waals surface area contributed by atoms with Crippen LogP contribution in [0.4, 0.5) is 5.69 Å². The normalized spacial score (nSPS) is 21.1. The highest BCUT2D eigenvalue weighted by atomic mass is 16.6. The average molecular weight is 399 g/mol. The first-order chi connectivity index (χ1) is 14.0. The summed E-state index contributed by atoms with van der Waals surface area (Å²) in [7, 11) is 0. The van der Waals surface area contributed by atoms with Gasteiger partial charge >= 0.3 is 5.97 Å². The van der Waals surface area contributed by atoms with E-state index in [0.717, 1.165) is 30.7 Å². The summed E-state index contributed by atoms with van der Waals surface area (Å²) in [6, 6.07) is 10.8. The van der Waals surface area contributed by atoms with Crippen LogP contribution < -0.4 is 5.32 Å². The summed E-state index contributed by atoms with van der Waals surface area (Å²) in [6.07, 6.45) is 4.35. The highest BCUT2D eigenvalue weighted by Crippen LogP contribution is 2.34. The van der Waals surface area contributed by atoms with Crippen LogP contribution >= 0.6 is 0 Å². The first-order valence-corrected chi connectivity index (χ1v) is 10.0. The number of furan rings is 1. The molecule has 4 rings (SSSR count). The Morgan fingerprint density at radius 2 is 1.93 bits per heavy atom. The van der Waals surface area contributed by atoms with Gasteiger partial charge in [-0.2, -0.15) is 0 Å². The smallest absolute Gasteiger partial charge is 0.317 e. The minimum atomic E-state index is -0.753. The molecular formula is C21H25N3O5. The Morgan fingerprint density at radius 3 is 2.55 bits per heavy atom. The predicted octanol–water partition coefficient (Wildman–Crippen LogP) is 3.27. The number of carboxylic acid groups (broad SMARTS) is 1. The fourth-order valence-corrected chi connectivity index (χ4v) is 3.82. The van der Waals surface area contributed by atoms with Crippen LogP contribution in [0.3, 0.4) is 0 Å². The van der Waals surface area contributed by atoms with E-state index in [1.807, 2.05) is 12.1 Å². The lowest BCUT2D eigenvalue weighted by Gasteiger charge is -2.42. The van der Waals surface area contributed by atoms with Crippen LogP contribution in [0.25, 0.3) is 11.3 Å². The zero-order valence-electron chi connectivity index (χ0n) is 16.1. The number of non-ortho nitro benzene ring substituents is 1. The second kappa shape index (κ2) is 8.34. The molecule has 2 aromatic rings. The molecule has 0 unspecified atom stereocenters. The Kier molecular flexibility index (Phi) is 5.64. The predicted molar refractivity (Wildman–Crippen MR) is 106 cm³/mol. The van der Waals surface area contributed by atoms with E-state index in [-0.39, 0.29) is 12.2 Å². The summed E-state index contributed by atoms with van der Waals surface area (Å²) in [4.78, 5) is 23.6. The molecule has 2 N–H and O–H groups in total. The van der Waals surface area contributed by atoms with Gasteiger partial charge in [-0.05, 0) is 55.9 Å². The van der Waals surface area contributed by atoms with E-state index in [1.54, 1.807) is 12.1 Å². The third-order valence-electron chi connectivity index (χ3n) is 5.75. The molecule has 1 aromatic carbocycles. The minimum absolute atomic E-state index is 0.0559. The Bertz CT molecular complexity index is 869. The maximum atomic E-state index is 11.1. The van der Waals surface area contributed by atoms with Gasteiger partial charge in [0.25, 0.3) is 5.69 Å². The Hall–Kier alpha value is -2.71. The maximum Gasteiger partial charge on any atom is 0.317 e. The first-order valence-electron chi connectivity index (χ1n) is 10.0. The lowest BCUT2D eigenvalue weighted by molar-refractivity contribution is -0.384. The number of benzene rings is 1. The molecule has 1 aromatic heterocycles. The molecule has 2 aliphatic carbocycles. The van der Waals surface area contributed by atoms with E-state index in [1.165, 1.54) is 25.0 Å². The number of rotatable bonds is 10. The average Bonchev–Trinajstić information content (AvgIpc) is 3.34. The van der Waals surface area contributed by atoms with Gasteiger partial charge in [-0.1, -0.05) is 0 Å². The van der Waals surface area contributed by atoms with Gasteiger partial charge in [-0.3, -0.25) is 19.8 Å². The summed E-state index contributed by atoms with van der Waals surface area (Å²) in [5.41, 5.74) is 0.857. The third-order valence-corrected chi connectivity index (χ3v) is 5.75. The van der Waals surface area contributed by atoms with Crippen LogP contribution in [0.5, 0.6) is 0 Å². The number of carboxylic acids is 1. The van der Waals surface area contributed by atoms with Gasteiger partial charge in [0, 0.05) is 36.3 Å². The van der Waals surface area contributed by atoms with Gasteiger partial charge in [-0.25, -0.2) is 0 Å². The van der Waals surface area contributed by atoms with Gasteiger partial charge in [0.05, 0.1) is 18.0 Å². The minimum Gasteiger partial charge on any atom is -0.480 e. The summed E-state index contributed by atoms with van der Waals surface area (Å²) in [5.74, 6) is 1.42. The lowest BCUT2D eigenvalue weighted by atomic mass is 9.85. The van der Waals surface area contributed by atoms with Gasteiger partial charge in [0.1, 0.15) is 11.5 Å². The maximum absolute atomic E-state index is 11.1. The Balaban J connectivity index is 1.25. The molecule has 29 heavy (non-hydrogen) atoms. The van der Waals surface area contributed by atoms with E-state index in [2.05, 4.69) is 10.2 Å². The van der Waals surface area contributed by atoms with Crippen LogP contribution in [0.15, 0.2) is 40.8 Å². The van der Waals surface area contributed by atoms with Crippen molar-refractivity contribution in [3.8, 4) is 11.3 Å². The molecule has 0 radical (unpaired) electrons. The monoisotopic (exact) mass is 399 g/mol. The van der Waals surface area contributed by atoms with Crippen molar-refractivity contribution in [3.05, 3.63) is 52.3 Å². The molecule has 0 aliphatic heterocycles. The number of hydrogen-bond acceptors (Lipinski definition) is 6. The van der Waals surface area contributed by atoms with Crippen LogP contribution in [0, 0.1) is 16.0 Å². The molecule has 0 spiro atoms. The zero-order chi connectivity index (χ0) is 20.4. The summed E-state index contributed by atoms with van der Waals surface area (Å²) in [5, 5.41) is 23.4. The van der Waals surface area contributed by atoms with E-state index in [4.69, 9.17) is 9.52 Å². The van der Waals surface area contributed by atoms with Crippen LogP contribution in [-0.2, 0) is 11.3 Å². The molecule has 2 aliphatic rings. The second-order valence-electron chi connectivity index (χ2n) is 8.04. The molecule has 8 heteroatoms. The van der Waals surface area contributed by atoms with E-state index >= 15 is 0 Å². The van der Waals surface area contributed by atoms with Crippen LogP contribution in [0.1, 0.15) is 31.4 Å². The molecule has 0 saturated heterocycles. The van der Waals surface area contributed by atoms with Crippen molar-refractivity contribution in [2.75, 3.05) is 13.1 Å². The van der Waals surface area contributed by atoms with Crippen molar-refractivity contribution in [1.29, 1.82) is 0 Å². The number of nitro benzene ring substituents is 1. The highest BCUT2D eigenvalue weighted by Gasteiger charge is 2.36. The van der Waals surface area contributed by atoms with Crippen molar-refractivity contribution < 1.29 is 19.2 Å². The van der Waals surface area contributed by atoms with Gasteiger partial charge < -0.3 is 14.8 Å². The topological polar surface area (TPSA) is 109 Å². The summed E-state index contributed by atoms with van der Waals surface area (Å²) >= 11 is 0. The number of carbonyl (C=O) groups is 1. The lowest BCUT2D eigenvalue weighted by Crippen LogP contribution is -2.54. The number of nitrogens with zero attached hydrogens (tertiary/aromatic N) is 2. The van der Waals surface area contributed by atoms with Crippen LogP contribution in [0.2, 0.25) is 0 Å². The molecule has 154 valence electrons. The fourth-order valence-electron chi connectivity index (χ4n) is 3.82. The van der Waals surface area contributed by atoms with Crippen molar-refractivity contribution >= 4 is 11.7 Å². The summed E-state index contributed by atoms with van der Waals surface area (Å²) < 4.78 is 5.86. The Morgan fingerprint density at radius 1 is 1.21 bits per heavy atom. The standard InChI is InChI=1S/C21H25N3O5/c25-21(26)13-23(12-14-1-2-14)18-9-16(10-18)22-11-19-7-8-20(29-19)15-3-5-17(6-4-15)24(27)28/h3-8,14,16,18,22H,1-2,9-13H2,(H,25,26). The van der Waals surface area contributed by atoms with E-state index < -0.39 is 10.9 Å². The third kappa shape index (κ3) is 5.02. The molecule has 2 saturated carbocycles. The van der Waals surface area contributed by atoms with Crippen LogP contribution in [-0.4, -0.2) is 46.1 Å². The van der Waals surface area contributed by atoms with Gasteiger partial charge in [0.15, 0.2) is 0 Å². The van der Waals surface area contributed by atoms with E-state index in [0.29, 0.717) is 30.3 Å². The molecule has 1 heterocycles. The number of hydrogen-bond donors (Lipinski definition) is 2. The molecular weight excluding hydrogens is 374 g/mol. The number of nitro groups is 1. The van der Waals surface area contributed by atoms with Crippen molar-refractivity contribution in [2.24, 2.45) is 5.92 Å². The fraction of sp³-hybridized carbons (Fsp3) is 0.476. The summed E-state index contributed by atoms with van der Waals surface area (Å²) in [6.45, 7) is 1.64. The van der Waals surface area contributed by atoms with Gasteiger partial charge in [0.2, 0.25) is 0 Å². The molecule has 0 atom stereocenters. The number of nitrogens with one attached hydrogen (secondary N) is 1. The SMILES string of the molecule is O=C(O)CN(CC1CC1)C1CC(NCc2ccc(-c3ccc([N+](=O)[O-])cc3)o2)C1. The number of aliphatic carboxylic acids is 1. The van der Waals surface area contributed by atoms with Gasteiger partial charge in [-0.15, -0.1) is 0 Å². The quantitative estimate of drug-likeness (QED) is 0.466. The molecule has 0 amide bonds. The first kappa shape index (κ1) is 19.6. The zero-order valence-corrected chi connectivity index (χ0v) is 16.1. The molecule has 8 nitrogen and oxygen atoms in total. The Labute approximate surface area is 168 Å². The van der Waals surface area contributed by atoms with Crippen molar-refractivity contribution in [2.45, 2.75) is 44.3 Å². The second-order valence-corrected chi connectivity index (χ2v) is 8.04. The van der Waals surface area contributed by atoms with E-state index in [9.17, 15) is 14.9 Å². The highest BCUT2D eigenvalue weighted by molar-refractivity contribution is 5.69. The van der Waals surface area contributed by atoms with Crippen molar-refractivity contribution in [3.63, 3.8) is 0 Å².